The fraction of sp³-hybridized carbons (Fsp3) is 0.0667. The van der Waals surface area contributed by atoms with E-state index in [0.29, 0.717) is 10.7 Å². The van der Waals surface area contributed by atoms with Crippen LogP contribution < -0.4 is 10.6 Å². The van der Waals surface area contributed by atoms with Gasteiger partial charge in [0.05, 0.1) is 21.4 Å². The normalized spacial score (nSPS) is 10.2. The topological polar surface area (TPSA) is 58.2 Å². The lowest BCUT2D eigenvalue weighted by Crippen LogP contribution is -2.15. The van der Waals surface area contributed by atoms with Gasteiger partial charge < -0.3 is 10.6 Å². The van der Waals surface area contributed by atoms with Crippen LogP contribution in [0.25, 0.3) is 0 Å². The highest BCUT2D eigenvalue weighted by Crippen LogP contribution is 2.26. The molecule has 2 aromatic rings. The van der Waals surface area contributed by atoms with E-state index in [1.165, 1.54) is 37.3 Å². The first-order valence-corrected chi connectivity index (χ1v) is 6.96. The maximum Gasteiger partial charge on any atom is 0.255 e. The third-order valence-corrected chi connectivity index (χ3v) is 3.46. The molecule has 0 fully saturated rings. The van der Waals surface area contributed by atoms with Crippen LogP contribution in [0.4, 0.5) is 15.8 Å². The molecule has 0 aliphatic rings. The van der Waals surface area contributed by atoms with Gasteiger partial charge in [-0.15, -0.1) is 0 Å². The molecule has 0 bridgehead atoms. The van der Waals surface area contributed by atoms with Gasteiger partial charge in [-0.05, 0) is 36.4 Å². The molecule has 0 radical (unpaired) electrons. The van der Waals surface area contributed by atoms with Gasteiger partial charge in [0.25, 0.3) is 5.91 Å². The lowest BCUT2D eigenvalue weighted by Gasteiger charge is -2.12. The maximum atomic E-state index is 13.4. The highest BCUT2D eigenvalue weighted by atomic mass is 35.5. The van der Waals surface area contributed by atoms with Crippen molar-refractivity contribution in [3.8, 4) is 0 Å². The Morgan fingerprint density at radius 3 is 2.32 bits per heavy atom. The van der Waals surface area contributed by atoms with Crippen LogP contribution in [0.3, 0.4) is 0 Å². The number of hydrogen-bond donors (Lipinski definition) is 2. The minimum atomic E-state index is -0.543. The number of carbonyl (C=O) groups is 2. The molecule has 4 nitrogen and oxygen atoms in total. The zero-order valence-corrected chi connectivity index (χ0v) is 12.9. The molecule has 0 atom stereocenters. The third-order valence-electron chi connectivity index (χ3n) is 2.72. The van der Waals surface area contributed by atoms with Crippen LogP contribution in [0.5, 0.6) is 0 Å². The summed E-state index contributed by atoms with van der Waals surface area (Å²) < 4.78 is 13.4. The quantitative estimate of drug-likeness (QED) is 0.872. The molecule has 0 aliphatic carbocycles. The van der Waals surface area contributed by atoms with Gasteiger partial charge in [0, 0.05) is 12.5 Å². The van der Waals surface area contributed by atoms with Crippen molar-refractivity contribution < 1.29 is 14.0 Å². The van der Waals surface area contributed by atoms with E-state index in [9.17, 15) is 14.0 Å². The molecule has 0 aromatic heterocycles. The molecule has 7 heteroatoms. The predicted molar refractivity (Wildman–Crippen MR) is 85.1 cm³/mol. The van der Waals surface area contributed by atoms with Crippen molar-refractivity contribution in [1.29, 1.82) is 0 Å². The highest BCUT2D eigenvalue weighted by molar-refractivity contribution is 6.42. The number of halogens is 3. The third kappa shape index (κ3) is 3.96. The molecule has 0 saturated heterocycles. The Hall–Kier alpha value is -2.11. The van der Waals surface area contributed by atoms with Crippen LogP contribution in [0, 0.1) is 5.82 Å². The molecular formula is C15H11Cl2FN2O2. The van der Waals surface area contributed by atoms with Crippen LogP contribution in [0.1, 0.15) is 17.3 Å². The van der Waals surface area contributed by atoms with Crippen molar-refractivity contribution in [3.05, 3.63) is 57.8 Å². The first kappa shape index (κ1) is 16.3. The summed E-state index contributed by atoms with van der Waals surface area (Å²) in [5.41, 5.74) is 0.695. The maximum absolute atomic E-state index is 13.4. The molecule has 2 rings (SSSR count). The van der Waals surface area contributed by atoms with E-state index in [2.05, 4.69) is 10.6 Å². The SMILES string of the molecule is CC(=O)Nc1ccc(F)cc1NC(=O)c1ccc(Cl)c(Cl)c1. The number of rotatable bonds is 3. The smallest absolute Gasteiger partial charge is 0.255 e. The number of anilines is 2. The van der Waals surface area contributed by atoms with Crippen molar-refractivity contribution in [1.82, 2.24) is 0 Å². The summed E-state index contributed by atoms with van der Waals surface area (Å²) in [7, 11) is 0. The summed E-state index contributed by atoms with van der Waals surface area (Å²) in [6.45, 7) is 1.31. The Morgan fingerprint density at radius 1 is 0.955 bits per heavy atom. The number of hydrogen-bond acceptors (Lipinski definition) is 2. The molecule has 22 heavy (non-hydrogen) atoms. The second kappa shape index (κ2) is 6.77. The van der Waals surface area contributed by atoms with E-state index >= 15 is 0 Å². The van der Waals surface area contributed by atoms with Gasteiger partial charge in [0.1, 0.15) is 5.82 Å². The predicted octanol–water partition coefficient (Wildman–Crippen LogP) is 4.34. The lowest BCUT2D eigenvalue weighted by molar-refractivity contribution is -0.114. The van der Waals surface area contributed by atoms with Crippen LogP contribution >= 0.6 is 23.2 Å². The van der Waals surface area contributed by atoms with Crippen LogP contribution in [-0.2, 0) is 4.79 Å². The number of nitrogens with one attached hydrogen (secondary N) is 2. The summed E-state index contributed by atoms with van der Waals surface area (Å²) in [4.78, 5) is 23.3. The minimum Gasteiger partial charge on any atom is -0.325 e. The van der Waals surface area contributed by atoms with Crippen LogP contribution in [0.2, 0.25) is 10.0 Å². The van der Waals surface area contributed by atoms with Gasteiger partial charge in [0.2, 0.25) is 5.91 Å². The Kier molecular flexibility index (Phi) is 5.00. The standard InChI is InChI=1S/C15H11Cl2FN2O2/c1-8(21)19-13-5-3-10(18)7-14(13)20-15(22)9-2-4-11(16)12(17)6-9/h2-7H,1H3,(H,19,21)(H,20,22). The summed E-state index contributed by atoms with van der Waals surface area (Å²) in [5, 5.41) is 5.59. The van der Waals surface area contributed by atoms with Crippen molar-refractivity contribution in [2.24, 2.45) is 0 Å². The molecular weight excluding hydrogens is 330 g/mol. The average Bonchev–Trinajstić information content (AvgIpc) is 2.44. The van der Waals surface area contributed by atoms with Crippen molar-refractivity contribution >= 4 is 46.4 Å². The molecule has 2 N–H and O–H groups in total. The van der Waals surface area contributed by atoms with Crippen LogP contribution in [0.15, 0.2) is 36.4 Å². The van der Waals surface area contributed by atoms with Crippen LogP contribution in [-0.4, -0.2) is 11.8 Å². The number of benzene rings is 2. The van der Waals surface area contributed by atoms with E-state index < -0.39 is 11.7 Å². The van der Waals surface area contributed by atoms with Crippen molar-refractivity contribution in [3.63, 3.8) is 0 Å². The van der Waals surface area contributed by atoms with E-state index in [0.717, 1.165) is 6.07 Å². The monoisotopic (exact) mass is 340 g/mol. The van der Waals surface area contributed by atoms with Crippen molar-refractivity contribution in [2.45, 2.75) is 6.92 Å². The Bertz CT molecular complexity index is 750. The summed E-state index contributed by atoms with van der Waals surface area (Å²) >= 11 is 11.6. The molecule has 114 valence electrons. The minimum absolute atomic E-state index is 0.145. The van der Waals surface area contributed by atoms with E-state index in [1.54, 1.807) is 0 Å². The number of carbonyl (C=O) groups excluding carboxylic acids is 2. The molecule has 0 spiro atoms. The summed E-state index contributed by atoms with van der Waals surface area (Å²) in [6.07, 6.45) is 0. The first-order valence-electron chi connectivity index (χ1n) is 6.20. The Balaban J connectivity index is 2.29. The Morgan fingerprint density at radius 2 is 1.68 bits per heavy atom. The fourth-order valence-electron chi connectivity index (χ4n) is 1.75. The molecule has 0 aliphatic heterocycles. The van der Waals surface area contributed by atoms with E-state index in [4.69, 9.17) is 23.2 Å². The number of amides is 2. The fourth-order valence-corrected chi connectivity index (χ4v) is 2.05. The Labute approximate surface area is 136 Å². The second-order valence-electron chi connectivity index (χ2n) is 4.45. The lowest BCUT2D eigenvalue weighted by atomic mass is 10.2. The highest BCUT2D eigenvalue weighted by Gasteiger charge is 2.12. The van der Waals surface area contributed by atoms with Crippen molar-refractivity contribution in [2.75, 3.05) is 10.6 Å². The molecule has 0 heterocycles. The molecule has 0 saturated carbocycles. The second-order valence-corrected chi connectivity index (χ2v) is 5.27. The van der Waals surface area contributed by atoms with Gasteiger partial charge in [-0.3, -0.25) is 9.59 Å². The zero-order valence-electron chi connectivity index (χ0n) is 11.4. The van der Waals surface area contributed by atoms with E-state index in [1.807, 2.05) is 0 Å². The molecule has 2 aromatic carbocycles. The first-order chi connectivity index (χ1) is 10.4. The average molecular weight is 341 g/mol. The summed E-state index contributed by atoms with van der Waals surface area (Å²) in [6, 6.07) is 8.03. The van der Waals surface area contributed by atoms with Gasteiger partial charge in [0.15, 0.2) is 0 Å². The molecule has 2 amide bonds. The largest absolute Gasteiger partial charge is 0.325 e. The van der Waals surface area contributed by atoms with Gasteiger partial charge >= 0.3 is 0 Å². The van der Waals surface area contributed by atoms with Gasteiger partial charge in [-0.25, -0.2) is 4.39 Å². The van der Waals surface area contributed by atoms with Gasteiger partial charge in [-0.1, -0.05) is 23.2 Å². The molecule has 0 unspecified atom stereocenters. The van der Waals surface area contributed by atoms with E-state index in [-0.39, 0.29) is 22.2 Å². The zero-order chi connectivity index (χ0) is 16.3. The summed E-state index contributed by atoms with van der Waals surface area (Å²) in [5.74, 6) is -1.38. The van der Waals surface area contributed by atoms with Gasteiger partial charge in [-0.2, -0.15) is 0 Å².